The van der Waals surface area contributed by atoms with E-state index in [1.165, 1.54) is 32.5 Å². The van der Waals surface area contributed by atoms with Crippen LogP contribution in [0.25, 0.3) is 0 Å². The zero-order valence-electron chi connectivity index (χ0n) is 10.0. The van der Waals surface area contributed by atoms with Gasteiger partial charge in [-0.3, -0.25) is 14.4 Å². The van der Waals surface area contributed by atoms with Crippen LogP contribution in [0.2, 0.25) is 0 Å². The van der Waals surface area contributed by atoms with E-state index < -0.39 is 5.25 Å². The Balaban J connectivity index is 2.84. The normalized spacial score (nSPS) is 10.4. The highest BCUT2D eigenvalue weighted by Crippen LogP contribution is 2.25. The van der Waals surface area contributed by atoms with E-state index in [1.807, 2.05) is 0 Å². The number of hydrogen-bond acceptors (Lipinski definition) is 4. The van der Waals surface area contributed by atoms with Crippen LogP contribution >= 0.6 is 11.8 Å². The van der Waals surface area contributed by atoms with Gasteiger partial charge in [0.25, 0.3) is 0 Å². The molecule has 3 nitrogen and oxygen atoms in total. The van der Waals surface area contributed by atoms with Gasteiger partial charge in [0.15, 0.2) is 17.3 Å². The molecule has 0 aliphatic heterocycles. The van der Waals surface area contributed by atoms with Crippen molar-refractivity contribution in [3.8, 4) is 0 Å². The Morgan fingerprint density at radius 3 is 1.76 bits per heavy atom. The van der Waals surface area contributed by atoms with E-state index in [4.69, 9.17) is 0 Å². The van der Waals surface area contributed by atoms with Crippen LogP contribution < -0.4 is 0 Å². The third-order valence-electron chi connectivity index (χ3n) is 2.25. The Morgan fingerprint density at radius 1 is 0.941 bits per heavy atom. The van der Waals surface area contributed by atoms with Gasteiger partial charge in [-0.05, 0) is 32.9 Å². The molecule has 0 unspecified atom stereocenters. The Hall–Kier alpha value is -1.42. The molecule has 0 saturated heterocycles. The molecule has 0 atom stereocenters. The topological polar surface area (TPSA) is 51.2 Å². The second-order valence-corrected chi connectivity index (χ2v) is 4.98. The minimum Gasteiger partial charge on any atom is -0.298 e. The molecule has 1 aromatic carbocycles. The number of carbonyl (C=O) groups is 3. The molecule has 0 N–H and O–H groups in total. The lowest BCUT2D eigenvalue weighted by atomic mass is 10.2. The maximum Gasteiger partial charge on any atom is 0.159 e. The van der Waals surface area contributed by atoms with Crippen LogP contribution in [0.4, 0.5) is 0 Å². The molecule has 1 aromatic rings. The van der Waals surface area contributed by atoms with Crippen LogP contribution in [0.15, 0.2) is 29.2 Å². The maximum atomic E-state index is 11.3. The summed E-state index contributed by atoms with van der Waals surface area (Å²) in [6.07, 6.45) is 0. The predicted molar refractivity (Wildman–Crippen MR) is 67.5 cm³/mol. The van der Waals surface area contributed by atoms with Crippen molar-refractivity contribution in [1.29, 1.82) is 0 Å². The fourth-order valence-electron chi connectivity index (χ4n) is 1.36. The summed E-state index contributed by atoms with van der Waals surface area (Å²) >= 11 is 1.21. The highest BCUT2D eigenvalue weighted by molar-refractivity contribution is 8.01. The van der Waals surface area contributed by atoms with E-state index in [9.17, 15) is 14.4 Å². The minimum atomic E-state index is -0.654. The van der Waals surface area contributed by atoms with Crippen LogP contribution in [0, 0.1) is 0 Å². The second-order valence-electron chi connectivity index (χ2n) is 3.80. The highest BCUT2D eigenvalue weighted by Gasteiger charge is 2.20. The summed E-state index contributed by atoms with van der Waals surface area (Å²) in [5.74, 6) is -0.312. The highest BCUT2D eigenvalue weighted by atomic mass is 32.2. The van der Waals surface area contributed by atoms with Crippen molar-refractivity contribution in [1.82, 2.24) is 0 Å². The van der Waals surface area contributed by atoms with Gasteiger partial charge in [-0.15, -0.1) is 11.8 Å². The molecule has 0 fully saturated rings. The third kappa shape index (κ3) is 3.82. The minimum absolute atomic E-state index is 0.00349. The molecule has 0 aliphatic rings. The van der Waals surface area contributed by atoms with Gasteiger partial charge in [-0.2, -0.15) is 0 Å². The molecular formula is C13H14O3S. The number of ketones is 3. The summed E-state index contributed by atoms with van der Waals surface area (Å²) in [4.78, 5) is 34.4. The quantitative estimate of drug-likeness (QED) is 0.458. The molecule has 0 heterocycles. The van der Waals surface area contributed by atoms with Gasteiger partial charge in [0, 0.05) is 10.5 Å². The van der Waals surface area contributed by atoms with Crippen LogP contribution in [0.1, 0.15) is 31.1 Å². The molecule has 17 heavy (non-hydrogen) atoms. The SMILES string of the molecule is CC(=O)c1ccc(SC(C(C)=O)C(C)=O)cc1. The average Bonchev–Trinajstić information content (AvgIpc) is 2.25. The standard InChI is InChI=1S/C13H14O3S/c1-8(14)11-4-6-12(7-5-11)17-13(9(2)15)10(3)16/h4-7,13H,1-3H3. The van der Waals surface area contributed by atoms with Crippen molar-refractivity contribution in [2.45, 2.75) is 30.9 Å². The molecule has 0 radical (unpaired) electrons. The van der Waals surface area contributed by atoms with E-state index in [0.717, 1.165) is 4.90 Å². The summed E-state index contributed by atoms with van der Waals surface area (Å²) in [7, 11) is 0. The second kappa shape index (κ2) is 5.77. The van der Waals surface area contributed by atoms with Crippen LogP contribution in [0.5, 0.6) is 0 Å². The first-order valence-electron chi connectivity index (χ1n) is 5.20. The summed E-state index contributed by atoms with van der Waals surface area (Å²) in [5.41, 5.74) is 0.622. The van der Waals surface area contributed by atoms with E-state index in [2.05, 4.69) is 0 Å². The molecule has 0 bridgehead atoms. The van der Waals surface area contributed by atoms with Crippen LogP contribution in [-0.2, 0) is 9.59 Å². The number of hydrogen-bond donors (Lipinski definition) is 0. The lowest BCUT2D eigenvalue weighted by Crippen LogP contribution is -2.21. The Morgan fingerprint density at radius 2 is 1.41 bits per heavy atom. The van der Waals surface area contributed by atoms with Crippen LogP contribution in [0.3, 0.4) is 0 Å². The number of rotatable bonds is 5. The van der Waals surface area contributed by atoms with E-state index >= 15 is 0 Å². The predicted octanol–water partition coefficient (Wildman–Crippen LogP) is 2.53. The Bertz CT molecular complexity index is 434. The first-order valence-corrected chi connectivity index (χ1v) is 6.08. The average molecular weight is 250 g/mol. The fourth-order valence-corrected chi connectivity index (χ4v) is 2.25. The molecular weight excluding hydrogens is 236 g/mol. The summed E-state index contributed by atoms with van der Waals surface area (Å²) in [5, 5.41) is -0.654. The summed E-state index contributed by atoms with van der Waals surface area (Å²) < 4.78 is 0. The van der Waals surface area contributed by atoms with Gasteiger partial charge >= 0.3 is 0 Å². The Kier molecular flexibility index (Phi) is 4.63. The molecule has 4 heteroatoms. The van der Waals surface area contributed by atoms with Gasteiger partial charge in [-0.1, -0.05) is 12.1 Å². The molecule has 90 valence electrons. The molecule has 0 aromatic heterocycles. The van der Waals surface area contributed by atoms with Gasteiger partial charge in [0.05, 0.1) is 0 Å². The Labute approximate surface area is 105 Å². The smallest absolute Gasteiger partial charge is 0.159 e. The van der Waals surface area contributed by atoms with Crippen molar-refractivity contribution >= 4 is 29.1 Å². The molecule has 0 aliphatic carbocycles. The van der Waals surface area contributed by atoms with E-state index in [-0.39, 0.29) is 17.3 Å². The van der Waals surface area contributed by atoms with Crippen molar-refractivity contribution in [2.75, 3.05) is 0 Å². The van der Waals surface area contributed by atoms with Crippen molar-refractivity contribution in [2.24, 2.45) is 0 Å². The van der Waals surface area contributed by atoms with Gasteiger partial charge in [-0.25, -0.2) is 0 Å². The molecule has 1 rings (SSSR count). The molecule has 0 saturated carbocycles. The van der Waals surface area contributed by atoms with Gasteiger partial charge < -0.3 is 0 Å². The lowest BCUT2D eigenvalue weighted by molar-refractivity contribution is -0.123. The van der Waals surface area contributed by atoms with Gasteiger partial charge in [0.1, 0.15) is 5.25 Å². The largest absolute Gasteiger partial charge is 0.298 e. The molecule has 0 spiro atoms. The molecule has 0 amide bonds. The van der Waals surface area contributed by atoms with E-state index in [1.54, 1.807) is 24.3 Å². The van der Waals surface area contributed by atoms with Crippen LogP contribution in [-0.4, -0.2) is 22.6 Å². The third-order valence-corrected chi connectivity index (χ3v) is 3.70. The summed E-state index contributed by atoms with van der Waals surface area (Å²) in [6.45, 7) is 4.31. The first kappa shape index (κ1) is 13.6. The van der Waals surface area contributed by atoms with Gasteiger partial charge in [0.2, 0.25) is 0 Å². The number of carbonyl (C=O) groups excluding carboxylic acids is 3. The summed E-state index contributed by atoms with van der Waals surface area (Å²) in [6, 6.07) is 6.89. The van der Waals surface area contributed by atoms with Crippen molar-refractivity contribution in [3.05, 3.63) is 29.8 Å². The van der Waals surface area contributed by atoms with Crippen molar-refractivity contribution < 1.29 is 14.4 Å². The van der Waals surface area contributed by atoms with E-state index in [0.29, 0.717) is 5.56 Å². The lowest BCUT2D eigenvalue weighted by Gasteiger charge is -2.09. The van der Waals surface area contributed by atoms with Crippen molar-refractivity contribution in [3.63, 3.8) is 0 Å². The fraction of sp³-hybridized carbons (Fsp3) is 0.308. The first-order chi connectivity index (χ1) is 7.91. The monoisotopic (exact) mass is 250 g/mol. The number of thioether (sulfide) groups is 1. The zero-order chi connectivity index (χ0) is 13.0. The maximum absolute atomic E-state index is 11.3. The number of benzene rings is 1. The number of Topliss-reactive ketones (excluding diaryl/α,β-unsaturated/α-hetero) is 3. The zero-order valence-corrected chi connectivity index (χ0v) is 10.8.